The van der Waals surface area contributed by atoms with Gasteiger partial charge in [0.1, 0.15) is 18.2 Å². The highest BCUT2D eigenvalue weighted by Crippen LogP contribution is 2.39. The molecule has 2 nitrogen and oxygen atoms in total. The zero-order valence-corrected chi connectivity index (χ0v) is 11.1. The Balaban J connectivity index is 1.83. The summed E-state index contributed by atoms with van der Waals surface area (Å²) in [6.07, 6.45) is 0. The fraction of sp³-hybridized carbons (Fsp3) is 0.200. The number of hydrogen-bond acceptors (Lipinski definition) is 3. The highest BCUT2D eigenvalue weighted by atomic mass is 32.2. The van der Waals surface area contributed by atoms with E-state index < -0.39 is 0 Å². The number of nitrogens with two attached hydrogens (primary N) is 1. The van der Waals surface area contributed by atoms with Crippen LogP contribution in [0, 0.1) is 5.82 Å². The van der Waals surface area contributed by atoms with Crippen LogP contribution in [0.15, 0.2) is 53.4 Å². The van der Waals surface area contributed by atoms with Gasteiger partial charge in [-0.1, -0.05) is 30.3 Å². The number of thioether (sulfide) groups is 1. The maximum atomic E-state index is 13.7. The van der Waals surface area contributed by atoms with Gasteiger partial charge in [-0.3, -0.25) is 0 Å². The van der Waals surface area contributed by atoms with Crippen LogP contribution >= 0.6 is 11.8 Å². The summed E-state index contributed by atoms with van der Waals surface area (Å²) in [5.74, 6) is 0.624. The highest BCUT2D eigenvalue weighted by Gasteiger charge is 2.29. The lowest BCUT2D eigenvalue weighted by atomic mass is 10.0. The van der Waals surface area contributed by atoms with Crippen molar-refractivity contribution in [3.63, 3.8) is 0 Å². The molecule has 0 amide bonds. The molecule has 1 aliphatic heterocycles. The Labute approximate surface area is 115 Å². The van der Waals surface area contributed by atoms with Crippen molar-refractivity contribution in [3.05, 3.63) is 59.9 Å². The SMILES string of the molecule is NC1c2ccccc2OCC1Sc1ccccc1F. The minimum Gasteiger partial charge on any atom is -0.492 e. The Morgan fingerprint density at radius 2 is 1.84 bits per heavy atom. The molecule has 19 heavy (non-hydrogen) atoms. The lowest BCUT2D eigenvalue weighted by Crippen LogP contribution is -2.33. The number of hydrogen-bond donors (Lipinski definition) is 1. The molecule has 0 saturated heterocycles. The second-order valence-electron chi connectivity index (χ2n) is 4.46. The summed E-state index contributed by atoms with van der Waals surface area (Å²) in [6.45, 7) is 0.497. The molecule has 2 aromatic carbocycles. The van der Waals surface area contributed by atoms with E-state index in [9.17, 15) is 4.39 Å². The summed E-state index contributed by atoms with van der Waals surface area (Å²) in [5.41, 5.74) is 7.25. The smallest absolute Gasteiger partial charge is 0.136 e. The molecular formula is C15H14FNOS. The molecule has 0 fully saturated rings. The van der Waals surface area contributed by atoms with Crippen LogP contribution in [-0.2, 0) is 0 Å². The number of halogens is 1. The molecule has 0 bridgehead atoms. The fourth-order valence-electron chi connectivity index (χ4n) is 2.17. The van der Waals surface area contributed by atoms with Gasteiger partial charge in [0.2, 0.25) is 0 Å². The van der Waals surface area contributed by atoms with Crippen LogP contribution in [0.1, 0.15) is 11.6 Å². The normalized spacial score (nSPS) is 21.6. The molecule has 3 rings (SSSR count). The molecule has 0 spiro atoms. The molecule has 0 aliphatic carbocycles. The first kappa shape index (κ1) is 12.5. The van der Waals surface area contributed by atoms with Gasteiger partial charge in [-0.05, 0) is 18.2 Å². The van der Waals surface area contributed by atoms with Crippen molar-refractivity contribution in [3.8, 4) is 5.75 Å². The predicted molar refractivity (Wildman–Crippen MR) is 74.9 cm³/mol. The van der Waals surface area contributed by atoms with E-state index in [0.29, 0.717) is 11.5 Å². The van der Waals surface area contributed by atoms with E-state index >= 15 is 0 Å². The molecule has 0 radical (unpaired) electrons. The average molecular weight is 275 g/mol. The Hall–Kier alpha value is -1.52. The Kier molecular flexibility index (Phi) is 3.44. The van der Waals surface area contributed by atoms with E-state index in [-0.39, 0.29) is 17.1 Å². The molecule has 2 aromatic rings. The van der Waals surface area contributed by atoms with Crippen LogP contribution < -0.4 is 10.5 Å². The summed E-state index contributed by atoms with van der Waals surface area (Å²) in [5, 5.41) is 0.0202. The van der Waals surface area contributed by atoms with Crippen LogP contribution in [0.4, 0.5) is 4.39 Å². The molecule has 2 N–H and O–H groups in total. The van der Waals surface area contributed by atoms with Crippen molar-refractivity contribution in [2.45, 2.75) is 16.2 Å². The van der Waals surface area contributed by atoms with Crippen LogP contribution in [0.25, 0.3) is 0 Å². The topological polar surface area (TPSA) is 35.2 Å². The van der Waals surface area contributed by atoms with Gasteiger partial charge in [-0.25, -0.2) is 4.39 Å². The molecule has 0 aromatic heterocycles. The number of benzene rings is 2. The molecule has 2 unspecified atom stereocenters. The minimum absolute atomic E-state index is 0.0202. The molecule has 1 heterocycles. The first-order valence-electron chi connectivity index (χ1n) is 6.14. The van der Waals surface area contributed by atoms with Crippen molar-refractivity contribution in [2.24, 2.45) is 5.73 Å². The zero-order valence-electron chi connectivity index (χ0n) is 10.3. The number of para-hydroxylation sites is 1. The van der Waals surface area contributed by atoms with E-state index in [4.69, 9.17) is 10.5 Å². The van der Waals surface area contributed by atoms with Crippen LogP contribution in [0.3, 0.4) is 0 Å². The lowest BCUT2D eigenvalue weighted by Gasteiger charge is -2.30. The summed E-state index contributed by atoms with van der Waals surface area (Å²) < 4.78 is 19.4. The van der Waals surface area contributed by atoms with E-state index in [0.717, 1.165) is 11.3 Å². The lowest BCUT2D eigenvalue weighted by molar-refractivity contribution is 0.276. The molecule has 0 saturated carbocycles. The van der Waals surface area contributed by atoms with Gasteiger partial charge >= 0.3 is 0 Å². The van der Waals surface area contributed by atoms with E-state index in [1.807, 2.05) is 30.3 Å². The molecular weight excluding hydrogens is 261 g/mol. The van der Waals surface area contributed by atoms with E-state index in [2.05, 4.69) is 0 Å². The number of fused-ring (bicyclic) bond motifs is 1. The van der Waals surface area contributed by atoms with Gasteiger partial charge in [0, 0.05) is 16.5 Å². The van der Waals surface area contributed by atoms with Crippen LogP contribution in [-0.4, -0.2) is 11.9 Å². The van der Waals surface area contributed by atoms with Gasteiger partial charge in [-0.2, -0.15) is 0 Å². The summed E-state index contributed by atoms with van der Waals surface area (Å²) in [7, 11) is 0. The Morgan fingerprint density at radius 1 is 1.11 bits per heavy atom. The second kappa shape index (κ2) is 5.23. The molecule has 4 heteroatoms. The number of rotatable bonds is 2. The van der Waals surface area contributed by atoms with Crippen LogP contribution in [0.5, 0.6) is 5.75 Å². The van der Waals surface area contributed by atoms with Gasteiger partial charge in [0.05, 0.1) is 5.25 Å². The second-order valence-corrected chi connectivity index (χ2v) is 5.74. The minimum atomic E-state index is -0.210. The summed E-state index contributed by atoms with van der Waals surface area (Å²) in [4.78, 5) is 0.617. The predicted octanol–water partition coefficient (Wildman–Crippen LogP) is 3.38. The summed E-state index contributed by atoms with van der Waals surface area (Å²) in [6, 6.07) is 14.4. The Morgan fingerprint density at radius 3 is 2.68 bits per heavy atom. The van der Waals surface area contributed by atoms with Gasteiger partial charge in [-0.15, -0.1) is 11.8 Å². The maximum Gasteiger partial charge on any atom is 0.136 e. The van der Waals surface area contributed by atoms with Gasteiger partial charge < -0.3 is 10.5 Å². The first-order valence-corrected chi connectivity index (χ1v) is 7.02. The monoisotopic (exact) mass is 275 g/mol. The zero-order chi connectivity index (χ0) is 13.2. The first-order chi connectivity index (χ1) is 9.25. The molecule has 1 aliphatic rings. The standard InChI is InChI=1S/C15H14FNOS/c16-11-6-2-4-8-13(11)19-14-9-18-12-7-3-1-5-10(12)15(14)17/h1-8,14-15H,9,17H2. The third kappa shape index (κ3) is 2.46. The maximum absolute atomic E-state index is 13.7. The molecule has 2 atom stereocenters. The third-order valence-corrected chi connectivity index (χ3v) is 4.51. The van der Waals surface area contributed by atoms with Crippen molar-refractivity contribution in [1.82, 2.24) is 0 Å². The van der Waals surface area contributed by atoms with Gasteiger partial charge in [0.25, 0.3) is 0 Å². The highest BCUT2D eigenvalue weighted by molar-refractivity contribution is 8.00. The van der Waals surface area contributed by atoms with Crippen LogP contribution in [0.2, 0.25) is 0 Å². The van der Waals surface area contributed by atoms with Crippen molar-refractivity contribution in [1.29, 1.82) is 0 Å². The van der Waals surface area contributed by atoms with E-state index in [1.165, 1.54) is 17.8 Å². The average Bonchev–Trinajstić information content (AvgIpc) is 2.44. The van der Waals surface area contributed by atoms with Crippen molar-refractivity contribution in [2.75, 3.05) is 6.61 Å². The largest absolute Gasteiger partial charge is 0.492 e. The van der Waals surface area contributed by atoms with Crippen molar-refractivity contribution >= 4 is 11.8 Å². The Bertz CT molecular complexity index is 590. The van der Waals surface area contributed by atoms with Gasteiger partial charge in [0.15, 0.2) is 0 Å². The quantitative estimate of drug-likeness (QED) is 0.912. The fourth-order valence-corrected chi connectivity index (χ4v) is 3.27. The number of ether oxygens (including phenoxy) is 1. The van der Waals surface area contributed by atoms with Crippen molar-refractivity contribution < 1.29 is 9.13 Å². The third-order valence-electron chi connectivity index (χ3n) is 3.20. The van der Waals surface area contributed by atoms with E-state index in [1.54, 1.807) is 12.1 Å². The molecule has 98 valence electrons. The summed E-state index contributed by atoms with van der Waals surface area (Å²) >= 11 is 1.44.